The fraction of sp³-hybridized carbons (Fsp3) is 0.909. The molecule has 0 aromatic carbocycles. The Hall–Kier alpha value is -1.79. The lowest BCUT2D eigenvalue weighted by atomic mass is 9.98. The normalized spacial score (nSPS) is 22.4. The van der Waals surface area contributed by atoms with Gasteiger partial charge in [-0.05, 0) is 19.3 Å². The first-order valence-corrected chi connectivity index (χ1v) is 17.2. The van der Waals surface area contributed by atoms with Crippen molar-refractivity contribution in [2.24, 2.45) is 0 Å². The second-order valence-electron chi connectivity index (χ2n) is 11.9. The van der Waals surface area contributed by atoms with E-state index in [1.165, 1.54) is 0 Å². The van der Waals surface area contributed by atoms with Gasteiger partial charge in [0.25, 0.3) is 0 Å². The fourth-order valence-corrected chi connectivity index (χ4v) is 4.98. The number of esters is 2. The first-order chi connectivity index (χ1) is 21.2. The standard InChI is InChI=1S/C33H61NO10/c1-4-7-10-13-16-19-27(35)34-22-26-30(38)31(39)32(40)33(44-26)42-24-25(43-29(37)21-18-15-12-9-6-3)23-41-28(36)20-17-14-11-8-5-2/h25-26,30-33,38-40H,4-24H2,1-3H3,(H,34,35)/t25-,26-,30+,31+,32-,33+/m1/s1. The molecule has 4 N–H and O–H groups in total. The Morgan fingerprint density at radius 2 is 1.18 bits per heavy atom. The monoisotopic (exact) mass is 631 g/mol. The predicted molar refractivity (Wildman–Crippen MR) is 167 cm³/mol. The van der Waals surface area contributed by atoms with Crippen LogP contribution < -0.4 is 5.32 Å². The van der Waals surface area contributed by atoms with E-state index in [1.54, 1.807) is 0 Å². The molecule has 6 atom stereocenters. The summed E-state index contributed by atoms with van der Waals surface area (Å²) < 4.78 is 22.4. The van der Waals surface area contributed by atoms with Crippen LogP contribution in [0.5, 0.6) is 0 Å². The number of nitrogens with one attached hydrogen (secondary N) is 1. The Kier molecular flexibility index (Phi) is 23.2. The summed E-state index contributed by atoms with van der Waals surface area (Å²) in [6.45, 7) is 5.80. The number of hydrogen-bond donors (Lipinski definition) is 4. The second kappa shape index (κ2) is 25.4. The average Bonchev–Trinajstić information content (AvgIpc) is 3.01. The van der Waals surface area contributed by atoms with E-state index in [4.69, 9.17) is 18.9 Å². The minimum absolute atomic E-state index is 0.0785. The molecule has 0 aliphatic carbocycles. The van der Waals surface area contributed by atoms with Gasteiger partial charge in [-0.3, -0.25) is 14.4 Å². The zero-order chi connectivity index (χ0) is 32.6. The lowest BCUT2D eigenvalue weighted by molar-refractivity contribution is -0.299. The lowest BCUT2D eigenvalue weighted by Crippen LogP contribution is -2.60. The van der Waals surface area contributed by atoms with Crippen molar-refractivity contribution in [3.05, 3.63) is 0 Å². The Morgan fingerprint density at radius 3 is 1.75 bits per heavy atom. The van der Waals surface area contributed by atoms with Gasteiger partial charge in [0.15, 0.2) is 12.4 Å². The first-order valence-electron chi connectivity index (χ1n) is 17.2. The SMILES string of the molecule is CCCCCCCC(=O)NC[C@H]1O[C@H](OC[C@@H](COC(=O)CCCCCCC)OC(=O)CCCCCCC)[C@H](O)[C@@H](O)[C@H]1O. The van der Waals surface area contributed by atoms with Crippen LogP contribution in [0, 0.1) is 0 Å². The Labute approximate surface area is 264 Å². The van der Waals surface area contributed by atoms with Crippen molar-refractivity contribution in [1.29, 1.82) is 0 Å². The third-order valence-corrected chi connectivity index (χ3v) is 7.82. The number of ether oxygens (including phenoxy) is 4. The summed E-state index contributed by atoms with van der Waals surface area (Å²) in [6, 6.07) is 0. The average molecular weight is 632 g/mol. The molecule has 0 radical (unpaired) electrons. The van der Waals surface area contributed by atoms with Gasteiger partial charge in [-0.15, -0.1) is 0 Å². The summed E-state index contributed by atoms with van der Waals surface area (Å²) in [4.78, 5) is 37.1. The van der Waals surface area contributed by atoms with Gasteiger partial charge in [0.1, 0.15) is 31.0 Å². The molecule has 1 amide bonds. The maximum atomic E-state index is 12.5. The number of carbonyl (C=O) groups is 3. The molecule has 0 aromatic heterocycles. The molecule has 0 aromatic rings. The van der Waals surface area contributed by atoms with E-state index < -0.39 is 48.7 Å². The van der Waals surface area contributed by atoms with Crippen molar-refractivity contribution in [2.45, 2.75) is 173 Å². The van der Waals surface area contributed by atoms with Crippen LogP contribution in [0.15, 0.2) is 0 Å². The Bertz CT molecular complexity index is 767. The Morgan fingerprint density at radius 1 is 0.659 bits per heavy atom. The molecular formula is C33H61NO10. The molecule has 1 aliphatic heterocycles. The van der Waals surface area contributed by atoms with Gasteiger partial charge in [0, 0.05) is 25.8 Å². The van der Waals surface area contributed by atoms with Gasteiger partial charge in [0.2, 0.25) is 5.91 Å². The van der Waals surface area contributed by atoms with Gasteiger partial charge < -0.3 is 39.6 Å². The van der Waals surface area contributed by atoms with E-state index in [0.717, 1.165) is 89.9 Å². The fourth-order valence-electron chi connectivity index (χ4n) is 4.98. The van der Waals surface area contributed by atoms with Crippen LogP contribution in [0.25, 0.3) is 0 Å². The molecule has 11 nitrogen and oxygen atoms in total. The number of hydrogen-bond acceptors (Lipinski definition) is 10. The molecule has 1 saturated heterocycles. The number of carbonyl (C=O) groups excluding carboxylic acids is 3. The van der Waals surface area contributed by atoms with Crippen LogP contribution in [-0.2, 0) is 33.3 Å². The summed E-state index contributed by atoms with van der Waals surface area (Å²) in [5.41, 5.74) is 0. The summed E-state index contributed by atoms with van der Waals surface area (Å²) >= 11 is 0. The van der Waals surface area contributed by atoms with Crippen LogP contribution in [0.1, 0.15) is 136 Å². The topological polar surface area (TPSA) is 161 Å². The molecule has 1 aliphatic rings. The molecular weight excluding hydrogens is 570 g/mol. The Balaban J connectivity index is 2.67. The largest absolute Gasteiger partial charge is 0.462 e. The number of aliphatic hydroxyl groups excluding tert-OH is 3. The maximum absolute atomic E-state index is 12.5. The molecule has 0 spiro atoms. The summed E-state index contributed by atoms with van der Waals surface area (Å²) in [5, 5.41) is 34.1. The van der Waals surface area contributed by atoms with Crippen molar-refractivity contribution < 1.29 is 48.7 Å². The highest BCUT2D eigenvalue weighted by Crippen LogP contribution is 2.22. The zero-order valence-corrected chi connectivity index (χ0v) is 27.5. The van der Waals surface area contributed by atoms with Crippen LogP contribution in [0.4, 0.5) is 0 Å². The quantitative estimate of drug-likeness (QED) is 0.0792. The van der Waals surface area contributed by atoms with Gasteiger partial charge in [-0.1, -0.05) is 97.8 Å². The highest BCUT2D eigenvalue weighted by atomic mass is 16.7. The molecule has 1 heterocycles. The molecule has 0 unspecified atom stereocenters. The number of unbranched alkanes of at least 4 members (excludes halogenated alkanes) is 12. The van der Waals surface area contributed by atoms with Gasteiger partial charge in [0.05, 0.1) is 6.61 Å². The van der Waals surface area contributed by atoms with Crippen molar-refractivity contribution in [3.8, 4) is 0 Å². The van der Waals surface area contributed by atoms with Crippen molar-refractivity contribution in [3.63, 3.8) is 0 Å². The molecule has 0 saturated carbocycles. The van der Waals surface area contributed by atoms with E-state index in [1.807, 2.05) is 0 Å². The highest BCUT2D eigenvalue weighted by Gasteiger charge is 2.44. The molecule has 0 bridgehead atoms. The number of rotatable bonds is 26. The molecule has 11 heteroatoms. The highest BCUT2D eigenvalue weighted by molar-refractivity contribution is 5.75. The third kappa shape index (κ3) is 18.2. The molecule has 258 valence electrons. The van der Waals surface area contributed by atoms with Crippen LogP contribution in [0.2, 0.25) is 0 Å². The lowest BCUT2D eigenvalue weighted by Gasteiger charge is -2.40. The zero-order valence-electron chi connectivity index (χ0n) is 27.5. The van der Waals surface area contributed by atoms with Gasteiger partial charge in [-0.25, -0.2) is 0 Å². The van der Waals surface area contributed by atoms with Gasteiger partial charge in [-0.2, -0.15) is 0 Å². The number of aliphatic hydroxyl groups is 3. The predicted octanol–water partition coefficient (Wildman–Crippen LogP) is 4.46. The summed E-state index contributed by atoms with van der Waals surface area (Å²) in [7, 11) is 0. The third-order valence-electron chi connectivity index (χ3n) is 7.82. The van der Waals surface area contributed by atoms with E-state index in [2.05, 4.69) is 26.1 Å². The van der Waals surface area contributed by atoms with Crippen molar-refractivity contribution >= 4 is 17.8 Å². The summed E-state index contributed by atoms with van der Waals surface area (Å²) in [6.07, 6.45) is 7.70. The van der Waals surface area contributed by atoms with Crippen molar-refractivity contribution in [2.75, 3.05) is 19.8 Å². The van der Waals surface area contributed by atoms with Crippen LogP contribution in [-0.4, -0.2) is 89.7 Å². The van der Waals surface area contributed by atoms with Crippen LogP contribution in [0.3, 0.4) is 0 Å². The smallest absolute Gasteiger partial charge is 0.306 e. The van der Waals surface area contributed by atoms with E-state index in [-0.39, 0.29) is 38.5 Å². The molecule has 1 fully saturated rings. The summed E-state index contributed by atoms with van der Waals surface area (Å²) in [5.74, 6) is -1.03. The second-order valence-corrected chi connectivity index (χ2v) is 11.9. The van der Waals surface area contributed by atoms with E-state index >= 15 is 0 Å². The van der Waals surface area contributed by atoms with Crippen molar-refractivity contribution in [1.82, 2.24) is 5.32 Å². The van der Waals surface area contributed by atoms with Crippen LogP contribution >= 0.6 is 0 Å². The first kappa shape index (κ1) is 40.2. The molecule has 44 heavy (non-hydrogen) atoms. The minimum atomic E-state index is -1.59. The molecule has 1 rings (SSSR count). The number of amides is 1. The van der Waals surface area contributed by atoms with Gasteiger partial charge >= 0.3 is 11.9 Å². The van der Waals surface area contributed by atoms with E-state index in [9.17, 15) is 29.7 Å². The maximum Gasteiger partial charge on any atom is 0.306 e. The van der Waals surface area contributed by atoms with E-state index in [0.29, 0.717) is 12.8 Å². The minimum Gasteiger partial charge on any atom is -0.462 e.